The van der Waals surface area contributed by atoms with E-state index in [9.17, 15) is 18.0 Å². The summed E-state index contributed by atoms with van der Waals surface area (Å²) in [4.78, 5) is 19.7. The lowest BCUT2D eigenvalue weighted by Crippen LogP contribution is -2.19. The number of halogens is 3. The molecule has 30 heavy (non-hydrogen) atoms. The van der Waals surface area contributed by atoms with Crippen molar-refractivity contribution >= 4 is 16.8 Å². The second-order valence-corrected chi connectivity index (χ2v) is 7.02. The highest BCUT2D eigenvalue weighted by atomic mass is 19.4. The summed E-state index contributed by atoms with van der Waals surface area (Å²) in [6.07, 6.45) is -0.879. The zero-order chi connectivity index (χ0) is 21.1. The van der Waals surface area contributed by atoms with Crippen LogP contribution in [0.15, 0.2) is 48.8 Å². The molecule has 1 atom stereocenters. The molecule has 1 saturated heterocycles. The number of rotatable bonds is 6. The number of pyridine rings is 2. The molecule has 6 nitrogen and oxygen atoms in total. The van der Waals surface area contributed by atoms with Crippen LogP contribution in [0.4, 0.5) is 13.2 Å². The van der Waals surface area contributed by atoms with Crippen LogP contribution in [0.5, 0.6) is 11.6 Å². The zero-order valence-electron chi connectivity index (χ0n) is 15.8. The lowest BCUT2D eigenvalue weighted by molar-refractivity contribution is -0.154. The Kier molecular flexibility index (Phi) is 5.43. The first kappa shape index (κ1) is 19.9. The van der Waals surface area contributed by atoms with Crippen molar-refractivity contribution in [2.75, 3.05) is 19.8 Å². The summed E-state index contributed by atoms with van der Waals surface area (Å²) in [5.74, 6) is 0.625. The maximum absolute atomic E-state index is 12.3. The van der Waals surface area contributed by atoms with Crippen molar-refractivity contribution in [1.29, 1.82) is 0 Å². The minimum Gasteiger partial charge on any atom is -0.492 e. The zero-order valence-corrected chi connectivity index (χ0v) is 15.8. The van der Waals surface area contributed by atoms with Crippen molar-refractivity contribution in [2.45, 2.75) is 12.6 Å². The average Bonchev–Trinajstić information content (AvgIpc) is 3.15. The van der Waals surface area contributed by atoms with Crippen LogP contribution in [0.1, 0.15) is 6.42 Å². The van der Waals surface area contributed by atoms with Crippen molar-refractivity contribution in [3.63, 3.8) is 0 Å². The van der Waals surface area contributed by atoms with E-state index in [2.05, 4.69) is 20.0 Å². The van der Waals surface area contributed by atoms with Crippen molar-refractivity contribution in [2.24, 2.45) is 5.92 Å². The summed E-state index contributed by atoms with van der Waals surface area (Å²) >= 11 is 0. The normalized spacial score (nSPS) is 16.5. The molecule has 1 fully saturated rings. The highest BCUT2D eigenvalue weighted by Gasteiger charge is 2.28. The van der Waals surface area contributed by atoms with Gasteiger partial charge in [-0.3, -0.25) is 9.78 Å². The highest BCUT2D eigenvalue weighted by Crippen LogP contribution is 2.32. The Balaban J connectivity index is 1.57. The van der Waals surface area contributed by atoms with Gasteiger partial charge in [0.05, 0.1) is 12.1 Å². The summed E-state index contributed by atoms with van der Waals surface area (Å²) in [7, 11) is 0. The molecule has 1 unspecified atom stereocenters. The van der Waals surface area contributed by atoms with Gasteiger partial charge in [0.25, 0.3) is 0 Å². The van der Waals surface area contributed by atoms with Gasteiger partial charge in [0.15, 0.2) is 6.61 Å². The van der Waals surface area contributed by atoms with Gasteiger partial charge in [0.2, 0.25) is 11.8 Å². The Morgan fingerprint density at radius 3 is 2.67 bits per heavy atom. The number of amides is 1. The van der Waals surface area contributed by atoms with Gasteiger partial charge < -0.3 is 14.8 Å². The number of ether oxygens (including phenoxy) is 2. The van der Waals surface area contributed by atoms with Crippen molar-refractivity contribution in [3.05, 3.63) is 48.8 Å². The summed E-state index contributed by atoms with van der Waals surface area (Å²) in [6, 6.07) is 10.4. The van der Waals surface area contributed by atoms with Crippen molar-refractivity contribution < 1.29 is 27.4 Å². The van der Waals surface area contributed by atoms with Crippen LogP contribution in [-0.2, 0) is 4.79 Å². The van der Waals surface area contributed by atoms with Gasteiger partial charge in [0, 0.05) is 48.3 Å². The van der Waals surface area contributed by atoms with Crippen molar-refractivity contribution in [1.82, 2.24) is 15.3 Å². The second kappa shape index (κ2) is 8.17. The predicted molar refractivity (Wildman–Crippen MR) is 103 cm³/mol. The summed E-state index contributed by atoms with van der Waals surface area (Å²) in [6.45, 7) is -0.428. The molecular weight excluding hydrogens is 399 g/mol. The van der Waals surface area contributed by atoms with Crippen LogP contribution in [0, 0.1) is 5.92 Å². The molecule has 0 saturated carbocycles. The van der Waals surface area contributed by atoms with E-state index in [4.69, 9.17) is 4.74 Å². The van der Waals surface area contributed by atoms with Crippen LogP contribution >= 0.6 is 0 Å². The van der Waals surface area contributed by atoms with Crippen LogP contribution in [0.2, 0.25) is 0 Å². The van der Waals surface area contributed by atoms with Gasteiger partial charge in [-0.1, -0.05) is 0 Å². The van der Waals surface area contributed by atoms with Crippen LogP contribution in [0.3, 0.4) is 0 Å². The fourth-order valence-electron chi connectivity index (χ4n) is 3.22. The molecule has 1 N–H and O–H groups in total. The number of fused-ring (bicyclic) bond motifs is 1. The van der Waals surface area contributed by atoms with Crippen LogP contribution < -0.4 is 14.8 Å². The Morgan fingerprint density at radius 1 is 1.10 bits per heavy atom. The Hall–Kier alpha value is -3.36. The fourth-order valence-corrected chi connectivity index (χ4v) is 3.22. The van der Waals surface area contributed by atoms with E-state index in [1.807, 2.05) is 24.3 Å². The van der Waals surface area contributed by atoms with Gasteiger partial charge in [-0.25, -0.2) is 4.98 Å². The van der Waals surface area contributed by atoms with Crippen LogP contribution in [-0.4, -0.2) is 41.8 Å². The Morgan fingerprint density at radius 2 is 1.97 bits per heavy atom. The third kappa shape index (κ3) is 4.79. The third-order valence-corrected chi connectivity index (χ3v) is 4.67. The summed E-state index contributed by atoms with van der Waals surface area (Å²) in [5, 5.41) is 3.61. The quantitative estimate of drug-likeness (QED) is 0.661. The van der Waals surface area contributed by atoms with E-state index < -0.39 is 12.8 Å². The number of carbonyl (C=O) groups is 1. The number of carbonyl (C=O) groups excluding carboxylic acids is 1. The maximum Gasteiger partial charge on any atom is 0.422 e. The van der Waals surface area contributed by atoms with Crippen LogP contribution in [0.25, 0.3) is 22.0 Å². The molecule has 0 bridgehead atoms. The van der Waals surface area contributed by atoms with Gasteiger partial charge in [-0.2, -0.15) is 13.2 Å². The minimum atomic E-state index is -4.42. The smallest absolute Gasteiger partial charge is 0.422 e. The minimum absolute atomic E-state index is 0.0165. The molecule has 0 aliphatic carbocycles. The maximum atomic E-state index is 12.3. The van der Waals surface area contributed by atoms with E-state index in [1.165, 1.54) is 12.3 Å². The van der Waals surface area contributed by atoms with Gasteiger partial charge in [0.1, 0.15) is 5.75 Å². The lowest BCUT2D eigenvalue weighted by atomic mass is 10.0. The Labute approximate surface area is 170 Å². The number of aromatic nitrogens is 2. The molecule has 1 aromatic carbocycles. The molecule has 3 heterocycles. The molecule has 2 aromatic heterocycles. The molecule has 1 aliphatic heterocycles. The first-order valence-corrected chi connectivity index (χ1v) is 9.32. The number of hydrogen-bond acceptors (Lipinski definition) is 5. The molecule has 9 heteroatoms. The lowest BCUT2D eigenvalue weighted by Gasteiger charge is -2.14. The topological polar surface area (TPSA) is 73.3 Å². The molecule has 0 spiro atoms. The molecule has 3 aromatic rings. The molecule has 1 amide bonds. The van der Waals surface area contributed by atoms with Gasteiger partial charge in [-0.05, 0) is 35.9 Å². The monoisotopic (exact) mass is 417 g/mol. The number of nitrogens with zero attached hydrogens (tertiary/aromatic N) is 2. The first-order valence-electron chi connectivity index (χ1n) is 9.32. The summed E-state index contributed by atoms with van der Waals surface area (Å²) < 4.78 is 47.5. The molecule has 0 radical (unpaired) electrons. The second-order valence-electron chi connectivity index (χ2n) is 7.02. The standard InChI is InChI=1S/C21H18F3N3O3/c22-21(23,24)12-30-20-4-3-14(10-27-20)15-7-17-16(2-1-5-25-17)18(8-15)29-11-13-6-19(28)26-9-13/h1-5,7-8,10,13H,6,9,11-12H2,(H,26,28). The Bertz CT molecular complexity index is 1050. The molecule has 156 valence electrons. The van der Waals surface area contributed by atoms with E-state index in [1.54, 1.807) is 12.3 Å². The van der Waals surface area contributed by atoms with Crippen molar-refractivity contribution in [3.8, 4) is 22.8 Å². The predicted octanol–water partition coefficient (Wildman–Crippen LogP) is 3.75. The van der Waals surface area contributed by atoms with E-state index in [0.29, 0.717) is 36.4 Å². The highest BCUT2D eigenvalue weighted by molar-refractivity contribution is 5.90. The molecule has 1 aliphatic rings. The number of benzene rings is 1. The SMILES string of the molecule is O=C1CC(COc2cc(-c3ccc(OCC(F)(F)F)nc3)cc3ncccc23)CN1. The fraction of sp³-hybridized carbons (Fsp3) is 0.286. The number of hydrogen-bond donors (Lipinski definition) is 1. The average molecular weight is 417 g/mol. The van der Waals surface area contributed by atoms with E-state index >= 15 is 0 Å². The number of nitrogens with one attached hydrogen (secondary N) is 1. The van der Waals surface area contributed by atoms with E-state index in [0.717, 1.165) is 10.9 Å². The van der Waals surface area contributed by atoms with Gasteiger partial charge >= 0.3 is 6.18 Å². The summed E-state index contributed by atoms with van der Waals surface area (Å²) in [5.41, 5.74) is 2.15. The molecular formula is C21H18F3N3O3. The first-order chi connectivity index (χ1) is 14.4. The number of alkyl halides is 3. The largest absolute Gasteiger partial charge is 0.492 e. The van der Waals surface area contributed by atoms with Gasteiger partial charge in [-0.15, -0.1) is 0 Å². The molecule has 4 rings (SSSR count). The van der Waals surface area contributed by atoms with E-state index in [-0.39, 0.29) is 17.7 Å². The third-order valence-electron chi connectivity index (χ3n) is 4.67.